The summed E-state index contributed by atoms with van der Waals surface area (Å²) >= 11 is 0. The summed E-state index contributed by atoms with van der Waals surface area (Å²) in [5.74, 6) is 1.02. The van der Waals surface area contributed by atoms with E-state index in [1.54, 1.807) is 0 Å². The molecular weight excluding hydrogens is 248 g/mol. The summed E-state index contributed by atoms with van der Waals surface area (Å²) < 4.78 is 0. The molecule has 1 amide bonds. The van der Waals surface area contributed by atoms with Crippen LogP contribution in [0.5, 0.6) is 0 Å². The molecule has 3 atom stereocenters. The first-order valence-corrected chi connectivity index (χ1v) is 7.17. The van der Waals surface area contributed by atoms with E-state index in [2.05, 4.69) is 4.90 Å². The SMILES string of the molecule is CC(N)C(C)C(=O)N1CCCC1C1CCCC1.Cl. The second-order valence-electron chi connectivity index (χ2n) is 5.93. The average molecular weight is 275 g/mol. The van der Waals surface area contributed by atoms with Gasteiger partial charge in [-0.25, -0.2) is 0 Å². The van der Waals surface area contributed by atoms with E-state index in [4.69, 9.17) is 5.73 Å². The number of rotatable bonds is 3. The lowest BCUT2D eigenvalue weighted by molar-refractivity contribution is -0.137. The van der Waals surface area contributed by atoms with Gasteiger partial charge in [-0.2, -0.15) is 0 Å². The topological polar surface area (TPSA) is 46.3 Å². The molecule has 2 N–H and O–H groups in total. The van der Waals surface area contributed by atoms with Gasteiger partial charge in [0.2, 0.25) is 5.91 Å². The summed E-state index contributed by atoms with van der Waals surface area (Å²) in [5.41, 5.74) is 5.86. The van der Waals surface area contributed by atoms with Crippen LogP contribution >= 0.6 is 12.4 Å². The van der Waals surface area contributed by atoms with Gasteiger partial charge < -0.3 is 10.6 Å². The lowest BCUT2D eigenvalue weighted by Crippen LogP contribution is -2.46. The first-order chi connectivity index (χ1) is 8.11. The van der Waals surface area contributed by atoms with Gasteiger partial charge in [-0.1, -0.05) is 19.8 Å². The largest absolute Gasteiger partial charge is 0.339 e. The third kappa shape index (κ3) is 3.18. The molecule has 1 heterocycles. The monoisotopic (exact) mass is 274 g/mol. The third-order valence-corrected chi connectivity index (χ3v) is 4.70. The summed E-state index contributed by atoms with van der Waals surface area (Å²) in [4.78, 5) is 14.5. The van der Waals surface area contributed by atoms with Crippen molar-refractivity contribution in [2.45, 2.75) is 64.5 Å². The van der Waals surface area contributed by atoms with Crippen LogP contribution in [-0.4, -0.2) is 29.4 Å². The molecule has 1 aliphatic heterocycles. The number of carbonyl (C=O) groups excluding carboxylic acids is 1. The predicted octanol–water partition coefficient (Wildman–Crippen LogP) is 2.57. The molecule has 0 aromatic heterocycles. The maximum atomic E-state index is 12.4. The number of halogens is 1. The van der Waals surface area contributed by atoms with E-state index in [0.717, 1.165) is 12.5 Å². The van der Waals surface area contributed by atoms with Gasteiger partial charge in [0.15, 0.2) is 0 Å². The van der Waals surface area contributed by atoms with Crippen molar-refractivity contribution in [3.8, 4) is 0 Å². The van der Waals surface area contributed by atoms with Crippen molar-refractivity contribution in [2.24, 2.45) is 17.6 Å². The molecule has 0 bridgehead atoms. The molecule has 1 aliphatic carbocycles. The highest BCUT2D eigenvalue weighted by Crippen LogP contribution is 2.36. The molecule has 0 radical (unpaired) electrons. The Morgan fingerprint density at radius 2 is 1.78 bits per heavy atom. The van der Waals surface area contributed by atoms with Crippen molar-refractivity contribution in [2.75, 3.05) is 6.54 Å². The minimum atomic E-state index is -0.0349. The van der Waals surface area contributed by atoms with Gasteiger partial charge in [0.25, 0.3) is 0 Å². The predicted molar refractivity (Wildman–Crippen MR) is 76.8 cm³/mol. The van der Waals surface area contributed by atoms with Crippen molar-refractivity contribution in [3.63, 3.8) is 0 Å². The van der Waals surface area contributed by atoms with E-state index in [9.17, 15) is 4.79 Å². The number of nitrogens with zero attached hydrogens (tertiary/aromatic N) is 1. The highest BCUT2D eigenvalue weighted by atomic mass is 35.5. The van der Waals surface area contributed by atoms with Crippen LogP contribution in [0.2, 0.25) is 0 Å². The molecule has 4 heteroatoms. The molecule has 1 saturated heterocycles. The summed E-state index contributed by atoms with van der Waals surface area (Å²) in [6.07, 6.45) is 7.74. The minimum Gasteiger partial charge on any atom is -0.339 e. The molecule has 0 spiro atoms. The van der Waals surface area contributed by atoms with Crippen LogP contribution in [0.4, 0.5) is 0 Å². The van der Waals surface area contributed by atoms with Gasteiger partial charge in [-0.3, -0.25) is 4.79 Å². The van der Waals surface area contributed by atoms with Crippen LogP contribution in [0.25, 0.3) is 0 Å². The normalized spacial score (nSPS) is 27.9. The Bertz CT molecular complexity index is 277. The number of nitrogens with two attached hydrogens (primary N) is 1. The molecular formula is C14H27ClN2O. The summed E-state index contributed by atoms with van der Waals surface area (Å²) in [6.45, 7) is 4.86. The lowest BCUT2D eigenvalue weighted by Gasteiger charge is -2.32. The molecule has 2 rings (SSSR count). The van der Waals surface area contributed by atoms with Crippen LogP contribution < -0.4 is 5.73 Å². The third-order valence-electron chi connectivity index (χ3n) is 4.70. The standard InChI is InChI=1S/C14H26N2O.ClH/c1-10(11(2)15)14(17)16-9-5-8-13(16)12-6-3-4-7-12;/h10-13H,3-9,15H2,1-2H3;1H. The fourth-order valence-corrected chi connectivity index (χ4v) is 3.38. The van der Waals surface area contributed by atoms with Crippen LogP contribution in [0.1, 0.15) is 52.4 Å². The zero-order valence-corrected chi connectivity index (χ0v) is 12.4. The molecule has 18 heavy (non-hydrogen) atoms. The van der Waals surface area contributed by atoms with E-state index in [-0.39, 0.29) is 30.3 Å². The molecule has 3 unspecified atom stereocenters. The van der Waals surface area contributed by atoms with Gasteiger partial charge >= 0.3 is 0 Å². The van der Waals surface area contributed by atoms with Crippen LogP contribution in [0.3, 0.4) is 0 Å². The second-order valence-corrected chi connectivity index (χ2v) is 5.93. The first kappa shape index (κ1) is 15.8. The van der Waals surface area contributed by atoms with Gasteiger partial charge in [0.05, 0.1) is 5.92 Å². The fraction of sp³-hybridized carbons (Fsp3) is 0.929. The highest BCUT2D eigenvalue weighted by molar-refractivity contribution is 5.85. The zero-order valence-electron chi connectivity index (χ0n) is 11.6. The number of likely N-dealkylation sites (tertiary alicyclic amines) is 1. The van der Waals surface area contributed by atoms with Crippen molar-refractivity contribution in [1.82, 2.24) is 4.90 Å². The minimum absolute atomic E-state index is 0. The molecule has 0 aromatic carbocycles. The van der Waals surface area contributed by atoms with Crippen molar-refractivity contribution < 1.29 is 4.79 Å². The van der Waals surface area contributed by atoms with Crippen molar-refractivity contribution in [3.05, 3.63) is 0 Å². The quantitative estimate of drug-likeness (QED) is 0.860. The van der Waals surface area contributed by atoms with Crippen LogP contribution in [0.15, 0.2) is 0 Å². The number of amides is 1. The Morgan fingerprint density at radius 1 is 1.17 bits per heavy atom. The van der Waals surface area contributed by atoms with E-state index < -0.39 is 0 Å². The van der Waals surface area contributed by atoms with Gasteiger partial charge in [0, 0.05) is 18.6 Å². The zero-order chi connectivity index (χ0) is 12.4. The second kappa shape index (κ2) is 6.76. The summed E-state index contributed by atoms with van der Waals surface area (Å²) in [6, 6.07) is 0.485. The van der Waals surface area contributed by atoms with E-state index in [1.165, 1.54) is 38.5 Å². The van der Waals surface area contributed by atoms with Crippen molar-refractivity contribution in [1.29, 1.82) is 0 Å². The molecule has 106 valence electrons. The van der Waals surface area contributed by atoms with Gasteiger partial charge in [0.1, 0.15) is 0 Å². The molecule has 3 nitrogen and oxygen atoms in total. The average Bonchev–Trinajstić information content (AvgIpc) is 2.96. The van der Waals surface area contributed by atoms with Crippen molar-refractivity contribution >= 4 is 18.3 Å². The fourth-order valence-electron chi connectivity index (χ4n) is 3.38. The molecule has 1 saturated carbocycles. The molecule has 0 aromatic rings. The van der Waals surface area contributed by atoms with E-state index in [1.807, 2.05) is 13.8 Å². The number of hydrogen-bond acceptors (Lipinski definition) is 2. The molecule has 2 fully saturated rings. The Balaban J connectivity index is 0.00000162. The van der Waals surface area contributed by atoms with Gasteiger partial charge in [-0.05, 0) is 38.5 Å². The van der Waals surface area contributed by atoms with Gasteiger partial charge in [-0.15, -0.1) is 12.4 Å². The summed E-state index contributed by atoms with van der Waals surface area (Å²) in [5, 5.41) is 0. The summed E-state index contributed by atoms with van der Waals surface area (Å²) in [7, 11) is 0. The number of hydrogen-bond donors (Lipinski definition) is 1. The Hall–Kier alpha value is -0.280. The maximum Gasteiger partial charge on any atom is 0.227 e. The molecule has 2 aliphatic rings. The Morgan fingerprint density at radius 3 is 2.33 bits per heavy atom. The first-order valence-electron chi connectivity index (χ1n) is 7.17. The van der Waals surface area contributed by atoms with E-state index >= 15 is 0 Å². The van der Waals surface area contributed by atoms with E-state index in [0.29, 0.717) is 6.04 Å². The highest BCUT2D eigenvalue weighted by Gasteiger charge is 2.37. The lowest BCUT2D eigenvalue weighted by atomic mass is 9.94. The maximum absolute atomic E-state index is 12.4. The Kier molecular flexibility index (Phi) is 5.93. The van der Waals surface area contributed by atoms with Crippen LogP contribution in [0, 0.1) is 11.8 Å². The Labute approximate surface area is 117 Å². The van der Waals surface area contributed by atoms with Crippen LogP contribution in [-0.2, 0) is 4.79 Å². The number of carbonyl (C=O) groups is 1. The smallest absolute Gasteiger partial charge is 0.227 e.